The predicted molar refractivity (Wildman–Crippen MR) is 33.5 cm³/mol. The summed E-state index contributed by atoms with van der Waals surface area (Å²) >= 11 is 0. The van der Waals surface area contributed by atoms with Crippen molar-refractivity contribution >= 4 is 5.84 Å². The van der Waals surface area contributed by atoms with Gasteiger partial charge in [0.05, 0.1) is 0 Å². The fourth-order valence-corrected chi connectivity index (χ4v) is 0.808. The Morgan fingerprint density at radius 1 is 1.75 bits per heavy atom. The van der Waals surface area contributed by atoms with E-state index in [-0.39, 0.29) is 0 Å². The molecule has 1 aliphatic rings. The van der Waals surface area contributed by atoms with E-state index in [9.17, 15) is 0 Å². The first-order valence-corrected chi connectivity index (χ1v) is 2.83. The van der Waals surface area contributed by atoms with Crippen molar-refractivity contribution in [2.75, 3.05) is 13.6 Å². The fourth-order valence-electron chi connectivity index (χ4n) is 0.808. The van der Waals surface area contributed by atoms with Crippen molar-refractivity contribution in [3.8, 4) is 0 Å². The Hall–Kier alpha value is -0.730. The van der Waals surface area contributed by atoms with Crippen molar-refractivity contribution in [2.45, 2.75) is 12.8 Å². The molecule has 1 rings (SSSR count). The SMILES string of the molecule is CN1CCCC(N)=N1. The van der Waals surface area contributed by atoms with Crippen molar-refractivity contribution in [2.24, 2.45) is 10.8 Å². The zero-order valence-corrected chi connectivity index (χ0v) is 5.09. The lowest BCUT2D eigenvalue weighted by molar-refractivity contribution is 0.334. The third kappa shape index (κ3) is 1.12. The summed E-state index contributed by atoms with van der Waals surface area (Å²) in [5, 5.41) is 5.88. The van der Waals surface area contributed by atoms with Gasteiger partial charge in [-0.05, 0) is 6.42 Å². The molecular weight excluding hydrogens is 102 g/mol. The molecule has 3 nitrogen and oxygen atoms in total. The van der Waals surface area contributed by atoms with Crippen LogP contribution in [0.3, 0.4) is 0 Å². The average Bonchev–Trinajstić information content (AvgIpc) is 1.64. The van der Waals surface area contributed by atoms with Gasteiger partial charge in [-0.25, -0.2) is 0 Å². The van der Waals surface area contributed by atoms with Crippen LogP contribution in [0.1, 0.15) is 12.8 Å². The highest BCUT2D eigenvalue weighted by molar-refractivity contribution is 5.80. The molecule has 0 aromatic rings. The summed E-state index contributed by atoms with van der Waals surface area (Å²) in [6, 6.07) is 0. The van der Waals surface area contributed by atoms with Crippen LogP contribution in [0.4, 0.5) is 0 Å². The topological polar surface area (TPSA) is 41.6 Å². The van der Waals surface area contributed by atoms with Crippen molar-refractivity contribution in [3.63, 3.8) is 0 Å². The Labute approximate surface area is 49.2 Å². The van der Waals surface area contributed by atoms with E-state index < -0.39 is 0 Å². The molecule has 0 unspecified atom stereocenters. The summed E-state index contributed by atoms with van der Waals surface area (Å²) in [5.41, 5.74) is 5.43. The number of hydrogen-bond acceptors (Lipinski definition) is 3. The number of hydrazone groups is 1. The van der Waals surface area contributed by atoms with Crippen molar-refractivity contribution in [1.82, 2.24) is 5.01 Å². The molecule has 1 heterocycles. The quantitative estimate of drug-likeness (QED) is 0.480. The van der Waals surface area contributed by atoms with Gasteiger partial charge in [-0.2, -0.15) is 5.10 Å². The molecule has 3 heteroatoms. The van der Waals surface area contributed by atoms with Crippen LogP contribution in [0.15, 0.2) is 5.10 Å². The molecule has 0 aliphatic carbocycles. The van der Waals surface area contributed by atoms with E-state index in [0.29, 0.717) is 0 Å². The predicted octanol–water partition coefficient (Wildman–Crippen LogP) is -0.0158. The number of hydrogen-bond donors (Lipinski definition) is 1. The van der Waals surface area contributed by atoms with Crippen LogP contribution < -0.4 is 5.73 Å². The van der Waals surface area contributed by atoms with Crippen LogP contribution >= 0.6 is 0 Å². The molecule has 0 aromatic carbocycles. The van der Waals surface area contributed by atoms with Crippen LogP contribution in [-0.4, -0.2) is 24.4 Å². The molecular formula is C5H11N3. The Bertz CT molecular complexity index is 108. The van der Waals surface area contributed by atoms with Gasteiger partial charge in [0.2, 0.25) is 0 Å². The van der Waals surface area contributed by atoms with Gasteiger partial charge in [0.15, 0.2) is 0 Å². The number of nitrogens with two attached hydrogens (primary N) is 1. The van der Waals surface area contributed by atoms with E-state index in [4.69, 9.17) is 5.73 Å². The van der Waals surface area contributed by atoms with E-state index in [2.05, 4.69) is 5.10 Å². The fraction of sp³-hybridized carbons (Fsp3) is 0.800. The first-order chi connectivity index (χ1) is 3.79. The van der Waals surface area contributed by atoms with Crippen molar-refractivity contribution < 1.29 is 0 Å². The highest BCUT2D eigenvalue weighted by atomic mass is 15.4. The van der Waals surface area contributed by atoms with E-state index in [1.54, 1.807) is 0 Å². The molecule has 1 aliphatic heterocycles. The van der Waals surface area contributed by atoms with E-state index >= 15 is 0 Å². The zero-order valence-electron chi connectivity index (χ0n) is 5.09. The van der Waals surface area contributed by atoms with Gasteiger partial charge in [0, 0.05) is 20.0 Å². The van der Waals surface area contributed by atoms with Gasteiger partial charge >= 0.3 is 0 Å². The lowest BCUT2D eigenvalue weighted by Gasteiger charge is -2.18. The summed E-state index contributed by atoms with van der Waals surface area (Å²) in [6.45, 7) is 1.04. The molecule has 0 aromatic heterocycles. The average molecular weight is 113 g/mol. The Balaban J connectivity index is 2.50. The first-order valence-electron chi connectivity index (χ1n) is 2.83. The second-order valence-corrected chi connectivity index (χ2v) is 2.08. The van der Waals surface area contributed by atoms with Gasteiger partial charge in [-0.15, -0.1) is 0 Å². The third-order valence-electron chi connectivity index (χ3n) is 1.21. The molecule has 0 saturated carbocycles. The number of rotatable bonds is 0. The standard InChI is InChI=1S/C5H11N3/c1-8-4-2-3-5(6)7-8/h2-4H2,1H3,(H2,6,7). The Morgan fingerprint density at radius 3 is 2.88 bits per heavy atom. The first kappa shape index (κ1) is 5.41. The third-order valence-corrected chi connectivity index (χ3v) is 1.21. The number of nitrogens with zero attached hydrogens (tertiary/aromatic N) is 2. The summed E-state index contributed by atoms with van der Waals surface area (Å²) in [4.78, 5) is 0. The number of amidine groups is 1. The van der Waals surface area contributed by atoms with Crippen LogP contribution in [0.5, 0.6) is 0 Å². The summed E-state index contributed by atoms with van der Waals surface area (Å²) in [6.07, 6.45) is 2.11. The molecule has 0 saturated heterocycles. The van der Waals surface area contributed by atoms with Gasteiger partial charge in [-0.3, -0.25) is 5.01 Å². The molecule has 0 bridgehead atoms. The smallest absolute Gasteiger partial charge is 0.119 e. The summed E-state index contributed by atoms with van der Waals surface area (Å²) < 4.78 is 0. The zero-order chi connectivity index (χ0) is 5.98. The molecule has 46 valence electrons. The molecule has 2 N–H and O–H groups in total. The maximum absolute atomic E-state index is 5.43. The largest absolute Gasteiger partial charge is 0.386 e. The molecule has 0 amide bonds. The normalized spacial score (nSPS) is 20.6. The van der Waals surface area contributed by atoms with Crippen LogP contribution in [0, 0.1) is 0 Å². The molecule has 0 atom stereocenters. The summed E-state index contributed by atoms with van der Waals surface area (Å²) in [7, 11) is 1.94. The minimum Gasteiger partial charge on any atom is -0.386 e. The minimum absolute atomic E-state index is 0.763. The van der Waals surface area contributed by atoms with Crippen LogP contribution in [0.25, 0.3) is 0 Å². The Kier molecular flexibility index (Phi) is 1.37. The van der Waals surface area contributed by atoms with Crippen molar-refractivity contribution in [3.05, 3.63) is 0 Å². The highest BCUT2D eigenvalue weighted by Crippen LogP contribution is 2.00. The maximum atomic E-state index is 5.43. The van der Waals surface area contributed by atoms with Gasteiger partial charge in [0.25, 0.3) is 0 Å². The van der Waals surface area contributed by atoms with Crippen LogP contribution in [0.2, 0.25) is 0 Å². The molecule has 0 spiro atoms. The van der Waals surface area contributed by atoms with Crippen molar-refractivity contribution in [1.29, 1.82) is 0 Å². The highest BCUT2D eigenvalue weighted by Gasteiger charge is 2.02. The Morgan fingerprint density at radius 2 is 2.50 bits per heavy atom. The second kappa shape index (κ2) is 2.03. The molecule has 0 radical (unpaired) electrons. The lowest BCUT2D eigenvalue weighted by atomic mass is 10.3. The molecule has 0 fully saturated rings. The maximum Gasteiger partial charge on any atom is 0.119 e. The van der Waals surface area contributed by atoms with E-state index in [1.165, 1.54) is 0 Å². The van der Waals surface area contributed by atoms with Gasteiger partial charge in [-0.1, -0.05) is 0 Å². The molecule has 8 heavy (non-hydrogen) atoms. The monoisotopic (exact) mass is 113 g/mol. The minimum atomic E-state index is 0.763. The van der Waals surface area contributed by atoms with E-state index in [0.717, 1.165) is 25.2 Å². The second-order valence-electron chi connectivity index (χ2n) is 2.08. The van der Waals surface area contributed by atoms with Crippen LogP contribution in [-0.2, 0) is 0 Å². The van der Waals surface area contributed by atoms with Gasteiger partial charge in [0.1, 0.15) is 5.84 Å². The van der Waals surface area contributed by atoms with Gasteiger partial charge < -0.3 is 5.73 Å². The van der Waals surface area contributed by atoms with E-state index in [1.807, 2.05) is 12.1 Å². The lowest BCUT2D eigenvalue weighted by Crippen LogP contribution is -2.26. The summed E-state index contributed by atoms with van der Waals surface area (Å²) in [5.74, 6) is 0.763.